The van der Waals surface area contributed by atoms with Gasteiger partial charge in [-0.05, 0) is 35.2 Å². The zero-order chi connectivity index (χ0) is 17.1. The van der Waals surface area contributed by atoms with Crippen molar-refractivity contribution in [3.63, 3.8) is 0 Å². The summed E-state index contributed by atoms with van der Waals surface area (Å²) in [6.07, 6.45) is 2.31. The van der Waals surface area contributed by atoms with Crippen LogP contribution in [0.1, 0.15) is 32.0 Å². The van der Waals surface area contributed by atoms with Crippen LogP contribution in [-0.4, -0.2) is 31.3 Å². The molecule has 0 aliphatic rings. The molecule has 23 heavy (non-hydrogen) atoms. The fourth-order valence-corrected chi connectivity index (χ4v) is 3.42. The topological polar surface area (TPSA) is 50.3 Å². The van der Waals surface area contributed by atoms with Crippen LogP contribution in [0, 0.1) is 0 Å². The standard InChI is InChI=1S/C18H24N2O2S/c1-18(2,3)15-8-10-17(11-9-15)23(21,22)20(4)14-12-16-7-5-6-13-19-16/h5-11,13H,12,14H2,1-4H3. The Bertz CT molecular complexity index is 733. The van der Waals surface area contributed by atoms with Crippen molar-refractivity contribution < 1.29 is 8.42 Å². The van der Waals surface area contributed by atoms with Gasteiger partial charge in [0, 0.05) is 31.9 Å². The van der Waals surface area contributed by atoms with Gasteiger partial charge in [-0.25, -0.2) is 12.7 Å². The van der Waals surface area contributed by atoms with Gasteiger partial charge in [0.2, 0.25) is 10.0 Å². The molecule has 0 bridgehead atoms. The molecule has 0 amide bonds. The molecule has 1 aromatic carbocycles. The molecule has 0 aliphatic carbocycles. The molecule has 1 heterocycles. The summed E-state index contributed by atoms with van der Waals surface area (Å²) in [6.45, 7) is 6.72. The van der Waals surface area contributed by atoms with Gasteiger partial charge in [-0.3, -0.25) is 4.98 Å². The maximum Gasteiger partial charge on any atom is 0.242 e. The van der Waals surface area contributed by atoms with Crippen molar-refractivity contribution in [2.45, 2.75) is 37.5 Å². The third-order valence-electron chi connectivity index (χ3n) is 3.84. The Balaban J connectivity index is 2.11. The average molecular weight is 332 g/mol. The summed E-state index contributed by atoms with van der Waals surface area (Å²) in [5.41, 5.74) is 2.01. The Morgan fingerprint density at radius 1 is 1.04 bits per heavy atom. The van der Waals surface area contributed by atoms with E-state index in [2.05, 4.69) is 25.8 Å². The normalized spacial score (nSPS) is 12.6. The molecule has 4 nitrogen and oxygen atoms in total. The first-order chi connectivity index (χ1) is 10.7. The van der Waals surface area contributed by atoms with Gasteiger partial charge in [0.05, 0.1) is 4.90 Å². The Hall–Kier alpha value is -1.72. The maximum atomic E-state index is 12.6. The maximum absolute atomic E-state index is 12.6. The molecule has 0 saturated carbocycles. The lowest BCUT2D eigenvalue weighted by atomic mass is 9.87. The Morgan fingerprint density at radius 2 is 1.70 bits per heavy atom. The number of nitrogens with zero attached hydrogens (tertiary/aromatic N) is 2. The van der Waals surface area contributed by atoms with Crippen LogP contribution >= 0.6 is 0 Å². The molecule has 124 valence electrons. The molecular formula is C18H24N2O2S. The highest BCUT2D eigenvalue weighted by Gasteiger charge is 2.21. The first-order valence-corrected chi connectivity index (χ1v) is 9.12. The predicted molar refractivity (Wildman–Crippen MR) is 92.9 cm³/mol. The average Bonchev–Trinajstić information content (AvgIpc) is 2.52. The first-order valence-electron chi connectivity index (χ1n) is 7.68. The highest BCUT2D eigenvalue weighted by atomic mass is 32.2. The molecule has 0 N–H and O–H groups in total. The van der Waals surface area contributed by atoms with Crippen molar-refractivity contribution in [2.24, 2.45) is 0 Å². The van der Waals surface area contributed by atoms with Crippen LogP contribution in [0.4, 0.5) is 0 Å². The molecule has 0 saturated heterocycles. The second-order valence-electron chi connectivity index (χ2n) is 6.67. The smallest absolute Gasteiger partial charge is 0.242 e. The van der Waals surface area contributed by atoms with Gasteiger partial charge in [-0.1, -0.05) is 39.0 Å². The lowest BCUT2D eigenvalue weighted by Crippen LogP contribution is -2.29. The van der Waals surface area contributed by atoms with E-state index in [4.69, 9.17) is 0 Å². The molecule has 5 heteroatoms. The van der Waals surface area contributed by atoms with E-state index in [0.29, 0.717) is 17.9 Å². The zero-order valence-corrected chi connectivity index (χ0v) is 15.0. The third kappa shape index (κ3) is 4.39. The van der Waals surface area contributed by atoms with Crippen molar-refractivity contribution in [3.8, 4) is 0 Å². The van der Waals surface area contributed by atoms with E-state index in [1.54, 1.807) is 25.4 Å². The van der Waals surface area contributed by atoms with E-state index in [9.17, 15) is 8.42 Å². The molecule has 1 aromatic heterocycles. The van der Waals surface area contributed by atoms with Gasteiger partial charge in [0.15, 0.2) is 0 Å². The lowest BCUT2D eigenvalue weighted by molar-refractivity contribution is 0.471. The molecule has 0 radical (unpaired) electrons. The largest absolute Gasteiger partial charge is 0.261 e. The van der Waals surface area contributed by atoms with Gasteiger partial charge in [-0.2, -0.15) is 0 Å². The van der Waals surface area contributed by atoms with Crippen molar-refractivity contribution in [3.05, 3.63) is 59.9 Å². The second kappa shape index (κ2) is 6.81. The summed E-state index contributed by atoms with van der Waals surface area (Å²) < 4.78 is 26.6. The number of aromatic nitrogens is 1. The summed E-state index contributed by atoms with van der Waals surface area (Å²) >= 11 is 0. The van der Waals surface area contributed by atoms with Crippen molar-refractivity contribution in [2.75, 3.05) is 13.6 Å². The zero-order valence-electron chi connectivity index (χ0n) is 14.2. The summed E-state index contributed by atoms with van der Waals surface area (Å²) in [5, 5.41) is 0. The molecule has 0 aliphatic heterocycles. The Kier molecular flexibility index (Phi) is 5.22. The molecule has 0 fully saturated rings. The highest BCUT2D eigenvalue weighted by Crippen LogP contribution is 2.24. The van der Waals surface area contributed by atoms with Gasteiger partial charge < -0.3 is 0 Å². The van der Waals surface area contributed by atoms with Gasteiger partial charge in [0.25, 0.3) is 0 Å². The van der Waals surface area contributed by atoms with E-state index in [1.807, 2.05) is 30.3 Å². The van der Waals surface area contributed by atoms with Crippen LogP contribution < -0.4 is 0 Å². The van der Waals surface area contributed by atoms with Gasteiger partial charge >= 0.3 is 0 Å². The Labute approximate surface area is 139 Å². The number of hydrogen-bond donors (Lipinski definition) is 0. The fourth-order valence-electron chi connectivity index (χ4n) is 2.25. The van der Waals surface area contributed by atoms with Crippen LogP contribution in [0.3, 0.4) is 0 Å². The monoisotopic (exact) mass is 332 g/mol. The van der Waals surface area contributed by atoms with Crippen LogP contribution in [0.15, 0.2) is 53.6 Å². The molecule has 0 unspecified atom stereocenters. The number of pyridine rings is 1. The second-order valence-corrected chi connectivity index (χ2v) is 8.72. The van der Waals surface area contributed by atoms with E-state index < -0.39 is 10.0 Å². The van der Waals surface area contributed by atoms with Crippen LogP contribution in [0.25, 0.3) is 0 Å². The Morgan fingerprint density at radius 3 is 2.22 bits per heavy atom. The minimum atomic E-state index is -3.47. The molecule has 0 atom stereocenters. The van der Waals surface area contributed by atoms with Crippen LogP contribution in [0.5, 0.6) is 0 Å². The van der Waals surface area contributed by atoms with E-state index in [-0.39, 0.29) is 5.41 Å². The summed E-state index contributed by atoms with van der Waals surface area (Å²) in [7, 11) is -1.86. The van der Waals surface area contributed by atoms with Crippen LogP contribution in [0.2, 0.25) is 0 Å². The fraction of sp³-hybridized carbons (Fsp3) is 0.389. The van der Waals surface area contributed by atoms with Crippen molar-refractivity contribution in [1.29, 1.82) is 0 Å². The number of hydrogen-bond acceptors (Lipinski definition) is 3. The predicted octanol–water partition coefficient (Wildman–Crippen LogP) is 3.24. The minimum absolute atomic E-state index is 0.00712. The van der Waals surface area contributed by atoms with Crippen molar-refractivity contribution in [1.82, 2.24) is 9.29 Å². The highest BCUT2D eigenvalue weighted by molar-refractivity contribution is 7.89. The van der Waals surface area contributed by atoms with E-state index in [0.717, 1.165) is 11.3 Å². The molecular weight excluding hydrogens is 308 g/mol. The quantitative estimate of drug-likeness (QED) is 0.844. The van der Waals surface area contributed by atoms with Crippen molar-refractivity contribution >= 4 is 10.0 Å². The number of sulfonamides is 1. The van der Waals surface area contributed by atoms with Crippen LogP contribution in [-0.2, 0) is 21.9 Å². The summed E-state index contributed by atoms with van der Waals surface area (Å²) in [4.78, 5) is 4.55. The third-order valence-corrected chi connectivity index (χ3v) is 5.71. The lowest BCUT2D eigenvalue weighted by Gasteiger charge is -2.21. The molecule has 2 rings (SSSR count). The van der Waals surface area contributed by atoms with E-state index >= 15 is 0 Å². The SMILES string of the molecule is CN(CCc1ccccn1)S(=O)(=O)c1ccc(C(C)(C)C)cc1. The molecule has 2 aromatic rings. The van der Waals surface area contributed by atoms with E-state index in [1.165, 1.54) is 4.31 Å². The molecule has 0 spiro atoms. The number of benzene rings is 1. The first kappa shape index (κ1) is 17.6. The summed E-state index contributed by atoms with van der Waals surface area (Å²) in [5.74, 6) is 0. The summed E-state index contributed by atoms with van der Waals surface area (Å²) in [6, 6.07) is 12.8. The van der Waals surface area contributed by atoms with Gasteiger partial charge in [-0.15, -0.1) is 0 Å². The number of rotatable bonds is 5. The van der Waals surface area contributed by atoms with Gasteiger partial charge in [0.1, 0.15) is 0 Å². The minimum Gasteiger partial charge on any atom is -0.261 e. The number of likely N-dealkylation sites (N-methyl/N-ethyl adjacent to an activating group) is 1.